The monoisotopic (exact) mass is 377 g/mol. The van der Waals surface area contributed by atoms with Crippen LogP contribution in [0.3, 0.4) is 0 Å². The maximum Gasteiger partial charge on any atom is 0.190 e. The van der Waals surface area contributed by atoms with Crippen LogP contribution in [-0.2, 0) is 12.8 Å². The van der Waals surface area contributed by atoms with E-state index in [1.54, 1.807) is 21.3 Å². The van der Waals surface area contributed by atoms with E-state index in [0.717, 1.165) is 12.0 Å². The molecule has 0 heterocycles. The molecule has 2 aromatic carbocycles. The fourth-order valence-corrected chi connectivity index (χ4v) is 2.66. The van der Waals surface area contributed by atoms with Crippen molar-refractivity contribution < 1.29 is 18.3 Å². The highest BCUT2D eigenvalue weighted by Gasteiger charge is 2.08. The second kappa shape index (κ2) is 10.4. The molecule has 0 spiro atoms. The SMILES string of the molecule is CN=C(NCCc1ccc(OC)c(OC)c1)NCCc1c(F)cccc1F. The second-order valence-corrected chi connectivity index (χ2v) is 5.82. The van der Waals surface area contributed by atoms with Gasteiger partial charge < -0.3 is 20.1 Å². The van der Waals surface area contributed by atoms with Crippen LogP contribution in [0.1, 0.15) is 11.1 Å². The molecule has 0 aliphatic heterocycles. The van der Waals surface area contributed by atoms with Gasteiger partial charge in [-0.25, -0.2) is 8.78 Å². The lowest BCUT2D eigenvalue weighted by molar-refractivity contribution is 0.354. The van der Waals surface area contributed by atoms with Gasteiger partial charge in [-0.05, 0) is 42.7 Å². The van der Waals surface area contributed by atoms with Crippen LogP contribution in [0.5, 0.6) is 11.5 Å². The number of benzene rings is 2. The van der Waals surface area contributed by atoms with Crippen LogP contribution in [0.2, 0.25) is 0 Å². The number of halogens is 2. The Morgan fingerprint density at radius 3 is 2.15 bits per heavy atom. The van der Waals surface area contributed by atoms with Crippen LogP contribution >= 0.6 is 0 Å². The highest BCUT2D eigenvalue weighted by molar-refractivity contribution is 5.79. The largest absolute Gasteiger partial charge is 0.493 e. The average molecular weight is 377 g/mol. The van der Waals surface area contributed by atoms with Crippen molar-refractivity contribution in [2.75, 3.05) is 34.4 Å². The quantitative estimate of drug-likeness (QED) is 0.549. The summed E-state index contributed by atoms with van der Waals surface area (Å²) in [6.45, 7) is 1.01. The van der Waals surface area contributed by atoms with Gasteiger partial charge >= 0.3 is 0 Å². The van der Waals surface area contributed by atoms with E-state index in [0.29, 0.717) is 30.5 Å². The Morgan fingerprint density at radius 2 is 1.56 bits per heavy atom. The zero-order valence-corrected chi connectivity index (χ0v) is 15.8. The van der Waals surface area contributed by atoms with Crippen molar-refractivity contribution in [3.63, 3.8) is 0 Å². The summed E-state index contributed by atoms with van der Waals surface area (Å²) in [5.74, 6) is 0.880. The first kappa shape index (κ1) is 20.5. The van der Waals surface area contributed by atoms with Gasteiger partial charge in [-0.2, -0.15) is 0 Å². The molecule has 2 aromatic rings. The lowest BCUT2D eigenvalue weighted by Gasteiger charge is -2.13. The molecule has 0 unspecified atom stereocenters. The Balaban J connectivity index is 1.80. The summed E-state index contributed by atoms with van der Waals surface area (Å²) in [4.78, 5) is 4.12. The molecular formula is C20H25F2N3O2. The molecule has 146 valence electrons. The molecule has 0 atom stereocenters. The van der Waals surface area contributed by atoms with Gasteiger partial charge in [-0.1, -0.05) is 12.1 Å². The standard InChI is InChI=1S/C20H25F2N3O2/c1-23-20(25-12-10-15-16(21)5-4-6-17(15)22)24-11-9-14-7-8-18(26-2)19(13-14)27-3/h4-8,13H,9-12H2,1-3H3,(H2,23,24,25). The molecule has 0 saturated carbocycles. The number of aliphatic imine (C=N–C) groups is 1. The molecule has 0 aliphatic rings. The van der Waals surface area contributed by atoms with E-state index in [-0.39, 0.29) is 12.0 Å². The number of nitrogens with one attached hydrogen (secondary N) is 2. The smallest absolute Gasteiger partial charge is 0.190 e. The third-order valence-corrected chi connectivity index (χ3v) is 4.11. The van der Waals surface area contributed by atoms with Crippen LogP contribution in [0.25, 0.3) is 0 Å². The maximum absolute atomic E-state index is 13.6. The summed E-state index contributed by atoms with van der Waals surface area (Å²) >= 11 is 0. The van der Waals surface area contributed by atoms with Crippen LogP contribution in [0, 0.1) is 11.6 Å². The molecule has 27 heavy (non-hydrogen) atoms. The topological polar surface area (TPSA) is 54.9 Å². The number of guanidine groups is 1. The fraction of sp³-hybridized carbons (Fsp3) is 0.350. The number of ether oxygens (including phenoxy) is 2. The number of rotatable bonds is 8. The number of hydrogen-bond acceptors (Lipinski definition) is 3. The molecule has 5 nitrogen and oxygen atoms in total. The summed E-state index contributed by atoms with van der Waals surface area (Å²) in [5, 5.41) is 6.24. The van der Waals surface area contributed by atoms with E-state index >= 15 is 0 Å². The Morgan fingerprint density at radius 1 is 0.926 bits per heavy atom. The summed E-state index contributed by atoms with van der Waals surface area (Å²) in [6.07, 6.45) is 0.984. The fourth-order valence-electron chi connectivity index (χ4n) is 2.66. The third-order valence-electron chi connectivity index (χ3n) is 4.11. The van der Waals surface area contributed by atoms with E-state index in [4.69, 9.17) is 9.47 Å². The molecular weight excluding hydrogens is 352 g/mol. The zero-order valence-electron chi connectivity index (χ0n) is 15.8. The number of hydrogen-bond donors (Lipinski definition) is 2. The Kier molecular flexibility index (Phi) is 7.85. The second-order valence-electron chi connectivity index (χ2n) is 5.82. The molecule has 0 aliphatic carbocycles. The minimum Gasteiger partial charge on any atom is -0.493 e. The molecule has 2 N–H and O–H groups in total. The van der Waals surface area contributed by atoms with Crippen LogP contribution < -0.4 is 20.1 Å². The summed E-state index contributed by atoms with van der Waals surface area (Å²) < 4.78 is 37.8. The minimum absolute atomic E-state index is 0.0748. The Bertz CT molecular complexity index is 762. The summed E-state index contributed by atoms with van der Waals surface area (Å²) in [7, 11) is 4.85. The summed E-state index contributed by atoms with van der Waals surface area (Å²) in [5.41, 5.74) is 1.16. The number of nitrogens with zero attached hydrogens (tertiary/aromatic N) is 1. The van der Waals surface area contributed by atoms with Crippen molar-refractivity contribution in [2.45, 2.75) is 12.8 Å². The van der Waals surface area contributed by atoms with Crippen molar-refractivity contribution in [3.8, 4) is 11.5 Å². The molecule has 0 amide bonds. The van der Waals surface area contributed by atoms with Gasteiger partial charge in [0.15, 0.2) is 17.5 Å². The highest BCUT2D eigenvalue weighted by Crippen LogP contribution is 2.27. The first-order valence-corrected chi connectivity index (χ1v) is 8.67. The third kappa shape index (κ3) is 5.84. The van der Waals surface area contributed by atoms with Crippen LogP contribution in [0.15, 0.2) is 41.4 Å². The van der Waals surface area contributed by atoms with E-state index in [1.807, 2.05) is 18.2 Å². The molecule has 0 saturated heterocycles. The molecule has 0 radical (unpaired) electrons. The normalized spacial score (nSPS) is 11.2. The van der Waals surface area contributed by atoms with Gasteiger partial charge in [0.05, 0.1) is 14.2 Å². The van der Waals surface area contributed by atoms with Crippen molar-refractivity contribution in [1.29, 1.82) is 0 Å². The average Bonchev–Trinajstić information content (AvgIpc) is 2.68. The van der Waals surface area contributed by atoms with Crippen molar-refractivity contribution >= 4 is 5.96 Å². The first-order chi connectivity index (χ1) is 13.1. The molecule has 0 fully saturated rings. The predicted octanol–water partition coefficient (Wildman–Crippen LogP) is 2.93. The van der Waals surface area contributed by atoms with E-state index in [2.05, 4.69) is 15.6 Å². The Hall–Kier alpha value is -2.83. The molecule has 0 bridgehead atoms. The van der Waals surface area contributed by atoms with Gasteiger partial charge in [-0.3, -0.25) is 4.99 Å². The van der Waals surface area contributed by atoms with Gasteiger partial charge in [-0.15, -0.1) is 0 Å². The lowest BCUT2D eigenvalue weighted by atomic mass is 10.1. The predicted molar refractivity (Wildman–Crippen MR) is 103 cm³/mol. The zero-order chi connectivity index (χ0) is 19.6. The van der Waals surface area contributed by atoms with Gasteiger partial charge in [0.2, 0.25) is 0 Å². The lowest BCUT2D eigenvalue weighted by Crippen LogP contribution is -2.39. The van der Waals surface area contributed by atoms with E-state index < -0.39 is 11.6 Å². The van der Waals surface area contributed by atoms with Crippen LogP contribution in [0.4, 0.5) is 8.78 Å². The van der Waals surface area contributed by atoms with Gasteiger partial charge in [0.1, 0.15) is 11.6 Å². The molecule has 0 aromatic heterocycles. The van der Waals surface area contributed by atoms with E-state index in [9.17, 15) is 8.78 Å². The molecule has 7 heteroatoms. The van der Waals surface area contributed by atoms with Crippen LogP contribution in [-0.4, -0.2) is 40.3 Å². The maximum atomic E-state index is 13.6. The number of methoxy groups -OCH3 is 2. The Labute approximate surface area is 158 Å². The first-order valence-electron chi connectivity index (χ1n) is 8.67. The van der Waals surface area contributed by atoms with Crippen molar-refractivity contribution in [1.82, 2.24) is 10.6 Å². The van der Waals surface area contributed by atoms with Gasteiger partial charge in [0, 0.05) is 25.7 Å². The van der Waals surface area contributed by atoms with Crippen molar-refractivity contribution in [3.05, 3.63) is 59.2 Å². The minimum atomic E-state index is -0.534. The van der Waals surface area contributed by atoms with Crippen molar-refractivity contribution in [2.24, 2.45) is 4.99 Å². The van der Waals surface area contributed by atoms with E-state index in [1.165, 1.54) is 18.2 Å². The molecule has 2 rings (SSSR count). The highest BCUT2D eigenvalue weighted by atomic mass is 19.1. The van der Waals surface area contributed by atoms with Gasteiger partial charge in [0.25, 0.3) is 0 Å². The summed E-state index contributed by atoms with van der Waals surface area (Å²) in [6, 6.07) is 9.64.